The van der Waals surface area contributed by atoms with Gasteiger partial charge in [0.05, 0.1) is 5.75 Å². The number of fused-ring (bicyclic) bond motifs is 1. The zero-order chi connectivity index (χ0) is 13.9. The predicted octanol–water partition coefficient (Wildman–Crippen LogP) is 0.802. The van der Waals surface area contributed by atoms with E-state index in [1.807, 2.05) is 6.07 Å². The summed E-state index contributed by atoms with van der Waals surface area (Å²) in [4.78, 5) is 11.9. The standard InChI is InChI=1S/C13H18N2O3S/c1-2-7-19(17,18)15-13(16)11-4-3-10-5-6-14-9-12(10)8-11/h3-4,8,14H,2,5-7,9H2,1H3,(H,15,16). The van der Waals surface area contributed by atoms with Gasteiger partial charge in [0.1, 0.15) is 0 Å². The Morgan fingerprint density at radius 2 is 2.16 bits per heavy atom. The highest BCUT2D eigenvalue weighted by Gasteiger charge is 2.17. The quantitative estimate of drug-likeness (QED) is 0.856. The summed E-state index contributed by atoms with van der Waals surface area (Å²) in [7, 11) is -3.52. The average Bonchev–Trinajstić information content (AvgIpc) is 2.37. The van der Waals surface area contributed by atoms with Gasteiger partial charge in [0.2, 0.25) is 10.0 Å². The Hall–Kier alpha value is -1.40. The number of benzene rings is 1. The monoisotopic (exact) mass is 282 g/mol. The van der Waals surface area contributed by atoms with Crippen LogP contribution in [0.5, 0.6) is 0 Å². The number of carbonyl (C=O) groups is 1. The maximum absolute atomic E-state index is 11.9. The van der Waals surface area contributed by atoms with Gasteiger partial charge in [-0.2, -0.15) is 0 Å². The molecule has 1 aromatic carbocycles. The molecule has 6 heteroatoms. The maximum atomic E-state index is 11.9. The predicted molar refractivity (Wildman–Crippen MR) is 73.4 cm³/mol. The lowest BCUT2D eigenvalue weighted by atomic mass is 9.98. The number of amides is 1. The maximum Gasteiger partial charge on any atom is 0.264 e. The Morgan fingerprint density at radius 1 is 1.37 bits per heavy atom. The minimum atomic E-state index is -3.52. The number of sulfonamides is 1. The second-order valence-electron chi connectivity index (χ2n) is 4.66. The summed E-state index contributed by atoms with van der Waals surface area (Å²) in [5, 5.41) is 3.23. The smallest absolute Gasteiger partial charge is 0.264 e. The molecule has 19 heavy (non-hydrogen) atoms. The van der Waals surface area contributed by atoms with Crippen molar-refractivity contribution in [3.63, 3.8) is 0 Å². The molecule has 2 rings (SSSR count). The van der Waals surface area contributed by atoms with Gasteiger partial charge in [-0.1, -0.05) is 13.0 Å². The lowest BCUT2D eigenvalue weighted by molar-refractivity contribution is 0.0981. The van der Waals surface area contributed by atoms with E-state index in [1.165, 1.54) is 5.56 Å². The second-order valence-corrected chi connectivity index (χ2v) is 6.50. The van der Waals surface area contributed by atoms with Crippen molar-refractivity contribution in [2.45, 2.75) is 26.3 Å². The van der Waals surface area contributed by atoms with Crippen LogP contribution in [0, 0.1) is 0 Å². The van der Waals surface area contributed by atoms with E-state index in [1.54, 1.807) is 19.1 Å². The fourth-order valence-corrected chi connectivity index (χ4v) is 3.18. The van der Waals surface area contributed by atoms with Gasteiger partial charge in [-0.3, -0.25) is 4.79 Å². The van der Waals surface area contributed by atoms with Crippen LogP contribution in [0.3, 0.4) is 0 Å². The third kappa shape index (κ3) is 3.54. The molecular weight excluding hydrogens is 264 g/mol. The molecular formula is C13H18N2O3S. The number of nitrogens with one attached hydrogen (secondary N) is 2. The third-order valence-electron chi connectivity index (χ3n) is 3.08. The van der Waals surface area contributed by atoms with E-state index >= 15 is 0 Å². The van der Waals surface area contributed by atoms with Crippen molar-refractivity contribution in [1.82, 2.24) is 10.0 Å². The van der Waals surface area contributed by atoms with Gasteiger partial charge in [0.25, 0.3) is 5.91 Å². The van der Waals surface area contributed by atoms with E-state index < -0.39 is 15.9 Å². The summed E-state index contributed by atoms with van der Waals surface area (Å²) in [5.74, 6) is -0.590. The van der Waals surface area contributed by atoms with E-state index in [-0.39, 0.29) is 5.75 Å². The molecule has 0 fully saturated rings. The zero-order valence-corrected chi connectivity index (χ0v) is 11.7. The summed E-state index contributed by atoms with van der Waals surface area (Å²) >= 11 is 0. The van der Waals surface area contributed by atoms with E-state index in [0.717, 1.165) is 25.1 Å². The van der Waals surface area contributed by atoms with Crippen molar-refractivity contribution in [3.05, 3.63) is 34.9 Å². The largest absolute Gasteiger partial charge is 0.312 e. The molecule has 0 radical (unpaired) electrons. The highest BCUT2D eigenvalue weighted by atomic mass is 32.2. The van der Waals surface area contributed by atoms with Crippen molar-refractivity contribution >= 4 is 15.9 Å². The highest BCUT2D eigenvalue weighted by molar-refractivity contribution is 7.90. The summed E-state index contributed by atoms with van der Waals surface area (Å²) < 4.78 is 25.2. The average molecular weight is 282 g/mol. The second kappa shape index (κ2) is 5.71. The van der Waals surface area contributed by atoms with E-state index in [0.29, 0.717) is 12.0 Å². The molecule has 0 aromatic heterocycles. The molecule has 0 bridgehead atoms. The Balaban J connectivity index is 2.16. The lowest BCUT2D eigenvalue weighted by Gasteiger charge is -2.17. The van der Waals surface area contributed by atoms with Crippen molar-refractivity contribution < 1.29 is 13.2 Å². The molecule has 0 unspecified atom stereocenters. The molecule has 1 aromatic rings. The summed E-state index contributed by atoms with van der Waals surface area (Å²) in [6.07, 6.45) is 1.42. The first-order chi connectivity index (χ1) is 9.02. The highest BCUT2D eigenvalue weighted by Crippen LogP contribution is 2.16. The Morgan fingerprint density at radius 3 is 2.89 bits per heavy atom. The van der Waals surface area contributed by atoms with Crippen molar-refractivity contribution in [2.24, 2.45) is 0 Å². The van der Waals surface area contributed by atoms with Crippen LogP contribution >= 0.6 is 0 Å². The number of hydrogen-bond acceptors (Lipinski definition) is 4. The lowest BCUT2D eigenvalue weighted by Crippen LogP contribution is -2.32. The molecule has 1 amide bonds. The summed E-state index contributed by atoms with van der Waals surface area (Å²) in [5.41, 5.74) is 2.67. The molecule has 104 valence electrons. The molecule has 0 saturated carbocycles. The van der Waals surface area contributed by atoms with Gasteiger partial charge in [-0.25, -0.2) is 13.1 Å². The van der Waals surface area contributed by atoms with Crippen LogP contribution in [-0.4, -0.2) is 26.6 Å². The van der Waals surface area contributed by atoms with Gasteiger partial charge in [-0.15, -0.1) is 0 Å². The molecule has 2 N–H and O–H groups in total. The third-order valence-corrected chi connectivity index (χ3v) is 4.52. The molecule has 0 saturated heterocycles. The molecule has 1 heterocycles. The molecule has 1 aliphatic rings. The molecule has 5 nitrogen and oxygen atoms in total. The summed E-state index contributed by atoms with van der Waals surface area (Å²) in [6, 6.07) is 5.34. The normalized spacial score (nSPS) is 14.8. The van der Waals surface area contributed by atoms with Crippen molar-refractivity contribution in [2.75, 3.05) is 12.3 Å². The van der Waals surface area contributed by atoms with E-state index in [2.05, 4.69) is 10.0 Å². The van der Waals surface area contributed by atoms with Crippen LogP contribution in [0.25, 0.3) is 0 Å². The fraction of sp³-hybridized carbons (Fsp3) is 0.462. The summed E-state index contributed by atoms with van der Waals surface area (Å²) in [6.45, 7) is 3.41. The SMILES string of the molecule is CCCS(=O)(=O)NC(=O)c1ccc2c(c1)CNCC2. The number of carbonyl (C=O) groups excluding carboxylic acids is 1. The minimum Gasteiger partial charge on any atom is -0.312 e. The van der Waals surface area contributed by atoms with E-state index in [4.69, 9.17) is 0 Å². The van der Waals surface area contributed by atoms with Gasteiger partial charge in [-0.05, 0) is 42.6 Å². The van der Waals surface area contributed by atoms with Crippen LogP contribution in [0.4, 0.5) is 0 Å². The Labute approximate surface area is 113 Å². The molecule has 1 aliphatic heterocycles. The molecule has 0 atom stereocenters. The first-order valence-corrected chi connectivity index (χ1v) is 8.04. The fourth-order valence-electron chi connectivity index (χ4n) is 2.14. The van der Waals surface area contributed by atoms with Gasteiger partial charge >= 0.3 is 0 Å². The van der Waals surface area contributed by atoms with E-state index in [9.17, 15) is 13.2 Å². The molecule has 0 spiro atoms. The molecule has 0 aliphatic carbocycles. The van der Waals surface area contributed by atoms with Crippen LogP contribution in [0.1, 0.15) is 34.8 Å². The van der Waals surface area contributed by atoms with Crippen LogP contribution in [-0.2, 0) is 23.0 Å². The topological polar surface area (TPSA) is 75.3 Å². The zero-order valence-electron chi connectivity index (χ0n) is 10.9. The van der Waals surface area contributed by atoms with Crippen LogP contribution in [0.2, 0.25) is 0 Å². The Kier molecular flexibility index (Phi) is 4.21. The van der Waals surface area contributed by atoms with Crippen LogP contribution in [0.15, 0.2) is 18.2 Å². The van der Waals surface area contributed by atoms with Crippen molar-refractivity contribution in [1.29, 1.82) is 0 Å². The van der Waals surface area contributed by atoms with Gasteiger partial charge in [0.15, 0.2) is 0 Å². The number of hydrogen-bond donors (Lipinski definition) is 2. The Bertz CT molecular complexity index is 582. The minimum absolute atomic E-state index is 0.0365. The van der Waals surface area contributed by atoms with Gasteiger partial charge < -0.3 is 5.32 Å². The van der Waals surface area contributed by atoms with Gasteiger partial charge in [0, 0.05) is 12.1 Å². The first kappa shape index (κ1) is 14.0. The number of rotatable bonds is 4. The first-order valence-electron chi connectivity index (χ1n) is 6.39. The van der Waals surface area contributed by atoms with Crippen molar-refractivity contribution in [3.8, 4) is 0 Å². The van der Waals surface area contributed by atoms with Crippen LogP contribution < -0.4 is 10.0 Å².